The molecular weight excluding hydrogens is 248 g/mol. The number of nitrogen functional groups attached to an aromatic ring is 1. The Balaban J connectivity index is 2.06. The number of oxazole rings is 1. The lowest BCUT2D eigenvalue weighted by Gasteiger charge is -2.04. The largest absolute Gasteiger partial charge is 0.417 e. The minimum atomic E-state index is -0.466. The monoisotopic (exact) mass is 258 g/mol. The van der Waals surface area contributed by atoms with Crippen molar-refractivity contribution in [3.63, 3.8) is 0 Å². The number of nitrogens with one attached hydrogen (secondary N) is 1. The predicted molar refractivity (Wildman–Crippen MR) is 71.8 cm³/mol. The summed E-state index contributed by atoms with van der Waals surface area (Å²) in [6.07, 6.45) is 0. The standard InChI is InChI=1S/C13H10N2O2S/c14-9-6-11-10(15-13(16)17-11)7-12(9)18-8-4-2-1-3-5-8/h1-7H,14H2,(H,15,16). The van der Waals surface area contributed by atoms with Crippen molar-refractivity contribution in [2.24, 2.45) is 0 Å². The highest BCUT2D eigenvalue weighted by Gasteiger charge is 2.07. The molecule has 0 fully saturated rings. The lowest BCUT2D eigenvalue weighted by molar-refractivity contribution is 0.555. The first-order valence-corrected chi connectivity index (χ1v) is 6.19. The minimum Gasteiger partial charge on any atom is -0.408 e. The molecule has 3 rings (SSSR count). The summed E-state index contributed by atoms with van der Waals surface area (Å²) in [6, 6.07) is 13.4. The fraction of sp³-hybridized carbons (Fsp3) is 0. The van der Waals surface area contributed by atoms with Crippen molar-refractivity contribution in [1.29, 1.82) is 0 Å². The molecule has 0 aliphatic rings. The lowest BCUT2D eigenvalue weighted by atomic mass is 10.3. The topological polar surface area (TPSA) is 72.0 Å². The quantitative estimate of drug-likeness (QED) is 0.693. The van der Waals surface area contributed by atoms with Gasteiger partial charge in [0.05, 0.1) is 5.52 Å². The Morgan fingerprint density at radius 1 is 1.17 bits per heavy atom. The van der Waals surface area contributed by atoms with Crippen LogP contribution in [0.3, 0.4) is 0 Å². The van der Waals surface area contributed by atoms with Crippen LogP contribution in [-0.4, -0.2) is 4.98 Å². The van der Waals surface area contributed by atoms with Crippen molar-refractivity contribution >= 4 is 28.5 Å². The van der Waals surface area contributed by atoms with E-state index in [1.807, 2.05) is 36.4 Å². The van der Waals surface area contributed by atoms with E-state index in [9.17, 15) is 4.79 Å². The molecule has 1 aromatic heterocycles. The number of nitrogens with two attached hydrogens (primary N) is 1. The molecule has 0 atom stereocenters. The van der Waals surface area contributed by atoms with Crippen molar-refractivity contribution < 1.29 is 4.42 Å². The third kappa shape index (κ3) is 2.00. The maximum Gasteiger partial charge on any atom is 0.417 e. The summed E-state index contributed by atoms with van der Waals surface area (Å²) in [5, 5.41) is 0. The van der Waals surface area contributed by atoms with E-state index in [0.717, 1.165) is 9.79 Å². The van der Waals surface area contributed by atoms with E-state index in [-0.39, 0.29) is 0 Å². The van der Waals surface area contributed by atoms with Crippen LogP contribution in [0.1, 0.15) is 0 Å². The van der Waals surface area contributed by atoms with Crippen LogP contribution in [-0.2, 0) is 0 Å². The van der Waals surface area contributed by atoms with Gasteiger partial charge in [0, 0.05) is 21.5 Å². The Labute approximate surface area is 107 Å². The number of H-pyrrole nitrogens is 1. The lowest BCUT2D eigenvalue weighted by Crippen LogP contribution is -1.93. The molecule has 0 amide bonds. The average Bonchev–Trinajstić information content (AvgIpc) is 2.70. The van der Waals surface area contributed by atoms with Crippen molar-refractivity contribution in [1.82, 2.24) is 4.98 Å². The maximum absolute atomic E-state index is 11.1. The Kier molecular flexibility index (Phi) is 2.60. The molecule has 0 saturated heterocycles. The van der Waals surface area contributed by atoms with E-state index < -0.39 is 5.76 Å². The molecule has 2 aromatic carbocycles. The molecule has 3 aromatic rings. The molecular formula is C13H10N2O2S. The van der Waals surface area contributed by atoms with Crippen molar-refractivity contribution in [2.45, 2.75) is 9.79 Å². The van der Waals surface area contributed by atoms with Crippen LogP contribution >= 0.6 is 11.8 Å². The molecule has 0 radical (unpaired) electrons. The molecule has 0 aliphatic heterocycles. The van der Waals surface area contributed by atoms with Crippen LogP contribution in [0.15, 0.2) is 61.5 Å². The number of hydrogen-bond acceptors (Lipinski definition) is 4. The van der Waals surface area contributed by atoms with Gasteiger partial charge in [-0.25, -0.2) is 4.79 Å². The zero-order valence-electron chi connectivity index (χ0n) is 9.34. The van der Waals surface area contributed by atoms with Crippen LogP contribution in [0.25, 0.3) is 11.1 Å². The number of hydrogen-bond donors (Lipinski definition) is 2. The fourth-order valence-electron chi connectivity index (χ4n) is 1.70. The predicted octanol–water partition coefficient (Wildman–Crippen LogP) is 2.85. The Hall–Kier alpha value is -2.14. The molecule has 0 unspecified atom stereocenters. The minimum absolute atomic E-state index is 0.466. The normalized spacial score (nSPS) is 10.9. The molecule has 0 saturated carbocycles. The average molecular weight is 258 g/mol. The molecule has 1 heterocycles. The van der Waals surface area contributed by atoms with E-state index in [2.05, 4.69) is 4.98 Å². The number of benzene rings is 2. The molecule has 5 heteroatoms. The van der Waals surface area contributed by atoms with Gasteiger partial charge in [-0.3, -0.25) is 4.98 Å². The molecule has 0 aliphatic carbocycles. The fourth-order valence-corrected chi connectivity index (χ4v) is 2.60. The summed E-state index contributed by atoms with van der Waals surface area (Å²) in [7, 11) is 0. The van der Waals surface area contributed by atoms with E-state index in [1.54, 1.807) is 17.8 Å². The molecule has 18 heavy (non-hydrogen) atoms. The molecule has 0 bridgehead atoms. The second kappa shape index (κ2) is 4.27. The van der Waals surface area contributed by atoms with Gasteiger partial charge in [0.1, 0.15) is 0 Å². The van der Waals surface area contributed by atoms with Crippen molar-refractivity contribution in [3.8, 4) is 0 Å². The smallest absolute Gasteiger partial charge is 0.408 e. The summed E-state index contributed by atoms with van der Waals surface area (Å²) < 4.78 is 4.95. The Morgan fingerprint density at radius 3 is 2.72 bits per heavy atom. The highest BCUT2D eigenvalue weighted by molar-refractivity contribution is 7.99. The molecule has 90 valence electrons. The maximum atomic E-state index is 11.1. The third-order valence-corrected chi connectivity index (χ3v) is 3.60. The first-order chi connectivity index (χ1) is 8.72. The number of anilines is 1. The zero-order chi connectivity index (χ0) is 12.5. The molecule has 3 N–H and O–H groups in total. The summed E-state index contributed by atoms with van der Waals surface area (Å²) in [4.78, 5) is 15.7. The Bertz CT molecular complexity index is 747. The Morgan fingerprint density at radius 2 is 1.94 bits per heavy atom. The highest BCUT2D eigenvalue weighted by Crippen LogP contribution is 2.34. The first-order valence-electron chi connectivity index (χ1n) is 5.37. The highest BCUT2D eigenvalue weighted by atomic mass is 32.2. The molecule has 4 nitrogen and oxygen atoms in total. The van der Waals surface area contributed by atoms with Crippen molar-refractivity contribution in [2.75, 3.05) is 5.73 Å². The van der Waals surface area contributed by atoms with E-state index in [1.165, 1.54) is 0 Å². The summed E-state index contributed by atoms with van der Waals surface area (Å²) in [5.41, 5.74) is 7.68. The van der Waals surface area contributed by atoms with Gasteiger partial charge in [-0.05, 0) is 18.2 Å². The number of rotatable bonds is 2. The van der Waals surface area contributed by atoms with E-state index in [4.69, 9.17) is 10.2 Å². The van der Waals surface area contributed by atoms with Crippen LogP contribution in [0.2, 0.25) is 0 Å². The summed E-state index contributed by atoms with van der Waals surface area (Å²) in [5.74, 6) is -0.466. The van der Waals surface area contributed by atoms with Gasteiger partial charge < -0.3 is 10.2 Å². The second-order valence-corrected chi connectivity index (χ2v) is 4.93. The summed E-state index contributed by atoms with van der Waals surface area (Å²) in [6.45, 7) is 0. The second-order valence-electron chi connectivity index (χ2n) is 3.82. The van der Waals surface area contributed by atoms with Gasteiger partial charge in [0.15, 0.2) is 5.58 Å². The van der Waals surface area contributed by atoms with Gasteiger partial charge in [-0.1, -0.05) is 30.0 Å². The zero-order valence-corrected chi connectivity index (χ0v) is 10.2. The molecule has 0 spiro atoms. The van der Waals surface area contributed by atoms with Crippen LogP contribution in [0.5, 0.6) is 0 Å². The van der Waals surface area contributed by atoms with Crippen LogP contribution in [0.4, 0.5) is 5.69 Å². The number of fused-ring (bicyclic) bond motifs is 1. The van der Waals surface area contributed by atoms with Gasteiger partial charge in [0.2, 0.25) is 0 Å². The van der Waals surface area contributed by atoms with E-state index in [0.29, 0.717) is 16.8 Å². The van der Waals surface area contributed by atoms with Gasteiger partial charge in [-0.15, -0.1) is 0 Å². The summed E-state index contributed by atoms with van der Waals surface area (Å²) >= 11 is 1.55. The number of aromatic nitrogens is 1. The van der Waals surface area contributed by atoms with Gasteiger partial charge >= 0.3 is 5.76 Å². The van der Waals surface area contributed by atoms with Crippen LogP contribution in [0, 0.1) is 0 Å². The van der Waals surface area contributed by atoms with Gasteiger partial charge in [-0.2, -0.15) is 0 Å². The first kappa shape index (κ1) is 11.0. The van der Waals surface area contributed by atoms with Crippen LogP contribution < -0.4 is 11.5 Å². The van der Waals surface area contributed by atoms with Gasteiger partial charge in [0.25, 0.3) is 0 Å². The third-order valence-electron chi connectivity index (χ3n) is 2.52. The number of aromatic amines is 1. The van der Waals surface area contributed by atoms with E-state index >= 15 is 0 Å². The van der Waals surface area contributed by atoms with Crippen molar-refractivity contribution in [3.05, 3.63) is 53.0 Å². The SMILES string of the molecule is Nc1cc2oc(=O)[nH]c2cc1Sc1ccccc1.